The Kier molecular flexibility index (Phi) is 10.2. The van der Waals surface area contributed by atoms with Gasteiger partial charge in [-0.1, -0.05) is 178 Å². The number of para-hydroxylation sites is 3. The lowest BCUT2D eigenvalue weighted by molar-refractivity contribution is -0.572. The third-order valence-corrected chi connectivity index (χ3v) is 12.8. The van der Waals surface area contributed by atoms with Crippen molar-refractivity contribution in [1.82, 2.24) is 9.13 Å². The predicted molar refractivity (Wildman–Crippen MR) is 271 cm³/mol. The average Bonchev–Trinajstić information content (AvgIpc) is 3.84. The number of aromatic nitrogens is 3. The topological polar surface area (TPSA) is 23.0 Å². The van der Waals surface area contributed by atoms with Crippen LogP contribution in [0, 0.1) is 6.33 Å². The molecule has 0 aliphatic carbocycles. The Bertz CT molecular complexity index is 3400. The molecule has 0 aliphatic heterocycles. The summed E-state index contributed by atoms with van der Waals surface area (Å²) in [6.45, 7) is 20.5. The Hall–Kier alpha value is -7.17. The number of hydrogen-bond acceptors (Lipinski definition) is 1. The maximum atomic E-state index is 6.84. The largest absolute Gasteiger partial charge is 0.458 e. The van der Waals surface area contributed by atoms with Crippen molar-refractivity contribution < 1.29 is 9.30 Å². The van der Waals surface area contributed by atoms with Gasteiger partial charge in [0, 0.05) is 22.5 Å². The summed E-state index contributed by atoms with van der Waals surface area (Å²) in [7, 11) is 0. The number of nitrogens with zero attached hydrogens (tertiary/aromatic N) is 3. The first-order chi connectivity index (χ1) is 31.1. The first kappa shape index (κ1) is 41.8. The fraction of sp³-hybridized carbons (Fsp3) is 0.197. The van der Waals surface area contributed by atoms with E-state index in [1.165, 1.54) is 44.1 Å². The molecule has 0 bridgehead atoms. The minimum Gasteiger partial charge on any atom is -0.458 e. The van der Waals surface area contributed by atoms with Gasteiger partial charge in [-0.25, -0.2) is 0 Å². The SMILES string of the molecule is CC(C)(C)c1cccc(-n2c3ccc(C(C)(C)C)cc3c3ccc(Oc4cccc(-n5[c-][n+](-c6c(-c7cccc(-c8ccccc8)c7)cccc6C(C)(C)C)c6ccccc65)c4)cc32)c1. The highest BCUT2D eigenvalue weighted by atomic mass is 16.5. The molecule has 0 aliphatic rings. The summed E-state index contributed by atoms with van der Waals surface area (Å²) in [5, 5.41) is 2.44. The standard InChI is InChI=1S/C61H57N3O/c1-59(2,3)44-23-16-25-47(36-44)64-54-34-31-45(60(4,5)6)37-52(54)51-33-32-49(39-57(51)64)65-48-26-17-24-46(38-48)62-40-63(56-30-14-13-29-55(56)62)58-50(27-18-28-53(58)61(7,8)9)43-22-15-21-42(35-43)41-19-11-10-12-20-41/h10-39H,1-9H3. The maximum absolute atomic E-state index is 6.84. The monoisotopic (exact) mass is 847 g/mol. The molecule has 4 heteroatoms. The van der Waals surface area contributed by atoms with Crippen molar-refractivity contribution in [3.63, 3.8) is 0 Å². The van der Waals surface area contributed by atoms with E-state index in [9.17, 15) is 0 Å². The number of ether oxygens (including phenoxy) is 1. The maximum Gasteiger partial charge on any atom is 0.269 e. The molecule has 10 rings (SSSR count). The zero-order valence-electron chi connectivity index (χ0n) is 39.1. The van der Waals surface area contributed by atoms with Gasteiger partial charge in [0.05, 0.1) is 33.4 Å². The zero-order valence-corrected chi connectivity index (χ0v) is 39.1. The summed E-state index contributed by atoms with van der Waals surface area (Å²) < 4.78 is 13.7. The first-order valence-corrected chi connectivity index (χ1v) is 22.8. The Balaban J connectivity index is 1.08. The van der Waals surface area contributed by atoms with Crippen molar-refractivity contribution in [3.8, 4) is 50.8 Å². The van der Waals surface area contributed by atoms with E-state index in [1.54, 1.807) is 0 Å². The Labute approximate surface area is 384 Å². The number of benzene rings is 8. The Morgan fingerprint density at radius 1 is 0.431 bits per heavy atom. The molecular formula is C61H57N3O. The van der Waals surface area contributed by atoms with Gasteiger partial charge in [-0.15, -0.1) is 0 Å². The lowest BCUT2D eigenvalue weighted by Crippen LogP contribution is -2.34. The molecule has 0 radical (unpaired) electrons. The van der Waals surface area contributed by atoms with Crippen LogP contribution in [0.15, 0.2) is 182 Å². The number of imidazole rings is 1. The fourth-order valence-electron chi connectivity index (χ4n) is 9.28. The molecular weight excluding hydrogens is 791 g/mol. The van der Waals surface area contributed by atoms with Gasteiger partial charge in [-0.05, 0) is 116 Å². The summed E-state index contributed by atoms with van der Waals surface area (Å²) >= 11 is 0. The molecule has 0 N–H and O–H groups in total. The van der Waals surface area contributed by atoms with Crippen LogP contribution in [0.4, 0.5) is 0 Å². The van der Waals surface area contributed by atoms with Crippen molar-refractivity contribution in [2.45, 2.75) is 78.6 Å². The zero-order chi connectivity index (χ0) is 45.3. The summed E-state index contributed by atoms with van der Waals surface area (Å²) in [4.78, 5) is 0. The molecule has 2 heterocycles. The van der Waals surface area contributed by atoms with E-state index in [4.69, 9.17) is 4.74 Å². The third kappa shape index (κ3) is 7.82. The molecule has 0 atom stereocenters. The highest BCUT2D eigenvalue weighted by Gasteiger charge is 2.26. The molecule has 10 aromatic rings. The van der Waals surface area contributed by atoms with Crippen LogP contribution < -0.4 is 9.30 Å². The Morgan fingerprint density at radius 2 is 1.09 bits per heavy atom. The quantitative estimate of drug-likeness (QED) is 0.116. The predicted octanol–water partition coefficient (Wildman–Crippen LogP) is 15.8. The smallest absolute Gasteiger partial charge is 0.269 e. The molecule has 0 saturated carbocycles. The van der Waals surface area contributed by atoms with Crippen LogP contribution in [0.5, 0.6) is 11.5 Å². The van der Waals surface area contributed by atoms with Gasteiger partial charge in [-0.3, -0.25) is 9.13 Å². The van der Waals surface area contributed by atoms with Crippen LogP contribution in [-0.4, -0.2) is 9.13 Å². The minimum atomic E-state index is -0.142. The van der Waals surface area contributed by atoms with Crippen molar-refractivity contribution in [3.05, 3.63) is 205 Å². The molecule has 322 valence electrons. The summed E-state index contributed by atoms with van der Waals surface area (Å²) in [6, 6.07) is 65.6. The van der Waals surface area contributed by atoms with Gasteiger partial charge >= 0.3 is 0 Å². The van der Waals surface area contributed by atoms with Crippen molar-refractivity contribution in [2.75, 3.05) is 0 Å². The summed E-state index contributed by atoms with van der Waals surface area (Å²) in [5.41, 5.74) is 16.1. The van der Waals surface area contributed by atoms with Gasteiger partial charge < -0.3 is 9.30 Å². The van der Waals surface area contributed by atoms with Gasteiger partial charge in [0.15, 0.2) is 0 Å². The van der Waals surface area contributed by atoms with Gasteiger partial charge in [-0.2, -0.15) is 0 Å². The molecule has 4 nitrogen and oxygen atoms in total. The molecule has 0 saturated heterocycles. The van der Waals surface area contributed by atoms with Gasteiger partial charge in [0.1, 0.15) is 11.5 Å². The van der Waals surface area contributed by atoms with Crippen molar-refractivity contribution in [2.24, 2.45) is 0 Å². The van der Waals surface area contributed by atoms with E-state index in [-0.39, 0.29) is 16.2 Å². The van der Waals surface area contributed by atoms with Crippen LogP contribution >= 0.6 is 0 Å². The highest BCUT2D eigenvalue weighted by molar-refractivity contribution is 6.10. The third-order valence-electron chi connectivity index (χ3n) is 12.8. The minimum absolute atomic E-state index is 0.0158. The lowest BCUT2D eigenvalue weighted by atomic mass is 9.83. The van der Waals surface area contributed by atoms with Crippen LogP contribution in [0.2, 0.25) is 0 Å². The summed E-state index contributed by atoms with van der Waals surface area (Å²) in [5.74, 6) is 1.53. The van der Waals surface area contributed by atoms with Crippen molar-refractivity contribution >= 4 is 32.8 Å². The van der Waals surface area contributed by atoms with E-state index in [0.717, 1.165) is 56.2 Å². The number of fused-ring (bicyclic) bond motifs is 4. The molecule has 0 amide bonds. The summed E-state index contributed by atoms with van der Waals surface area (Å²) in [6.07, 6.45) is 3.85. The van der Waals surface area contributed by atoms with E-state index in [2.05, 4.69) is 258 Å². The molecule has 0 spiro atoms. The number of hydrogen-bond donors (Lipinski definition) is 0. The van der Waals surface area contributed by atoms with Crippen LogP contribution in [0.1, 0.15) is 79.0 Å². The molecule has 8 aromatic carbocycles. The molecule has 65 heavy (non-hydrogen) atoms. The van der Waals surface area contributed by atoms with Crippen LogP contribution in [0.3, 0.4) is 0 Å². The molecule has 0 unspecified atom stereocenters. The fourth-order valence-corrected chi connectivity index (χ4v) is 9.28. The van der Waals surface area contributed by atoms with E-state index in [1.807, 2.05) is 6.07 Å². The van der Waals surface area contributed by atoms with Crippen LogP contribution in [-0.2, 0) is 16.2 Å². The van der Waals surface area contributed by atoms with E-state index >= 15 is 0 Å². The van der Waals surface area contributed by atoms with Gasteiger partial charge in [0.25, 0.3) is 6.33 Å². The van der Waals surface area contributed by atoms with E-state index < -0.39 is 0 Å². The molecule has 2 aromatic heterocycles. The van der Waals surface area contributed by atoms with Crippen molar-refractivity contribution in [1.29, 1.82) is 0 Å². The second kappa shape index (κ2) is 15.8. The second-order valence-corrected chi connectivity index (χ2v) is 20.6. The van der Waals surface area contributed by atoms with Gasteiger partial charge in [0.2, 0.25) is 0 Å². The normalized spacial score (nSPS) is 12.4. The lowest BCUT2D eigenvalue weighted by Gasteiger charge is -2.26. The van der Waals surface area contributed by atoms with E-state index in [0.29, 0.717) is 0 Å². The number of rotatable bonds is 7. The van der Waals surface area contributed by atoms with Crippen LogP contribution in [0.25, 0.3) is 72.2 Å². The molecule has 0 fully saturated rings. The second-order valence-electron chi connectivity index (χ2n) is 20.6. The average molecular weight is 848 g/mol. The first-order valence-electron chi connectivity index (χ1n) is 22.8. The highest BCUT2D eigenvalue weighted by Crippen LogP contribution is 2.40. The Morgan fingerprint density at radius 3 is 1.88 bits per heavy atom.